The first kappa shape index (κ1) is 11.7. The van der Waals surface area contributed by atoms with Gasteiger partial charge < -0.3 is 9.47 Å². The van der Waals surface area contributed by atoms with E-state index >= 15 is 0 Å². The summed E-state index contributed by atoms with van der Waals surface area (Å²) < 4.78 is 11.3. The molecule has 3 saturated carbocycles. The minimum Gasteiger partial charge on any atom is -0.426 e. The number of hydrogen-bond donors (Lipinski definition) is 0. The van der Waals surface area contributed by atoms with Gasteiger partial charge in [0, 0.05) is 24.7 Å². The molecule has 1 heterocycles. The quantitative estimate of drug-likeness (QED) is 0.537. The van der Waals surface area contributed by atoms with Crippen LogP contribution in [0.1, 0.15) is 33.1 Å². The van der Waals surface area contributed by atoms with Crippen molar-refractivity contribution in [2.45, 2.75) is 38.9 Å². The maximum Gasteiger partial charge on any atom is 0.336 e. The molecule has 19 heavy (non-hydrogen) atoms. The summed E-state index contributed by atoms with van der Waals surface area (Å²) in [6.07, 6.45) is 2.94. The van der Waals surface area contributed by atoms with Crippen LogP contribution in [-0.4, -0.2) is 18.9 Å². The van der Waals surface area contributed by atoms with E-state index < -0.39 is 5.79 Å². The summed E-state index contributed by atoms with van der Waals surface area (Å²) in [6.45, 7) is 8.52. The van der Waals surface area contributed by atoms with Crippen LogP contribution in [0.4, 0.5) is 0 Å². The van der Waals surface area contributed by atoms with Crippen molar-refractivity contribution in [1.29, 1.82) is 0 Å². The molecule has 0 aromatic rings. The normalized spacial score (nSPS) is 50.8. The number of carbonyl (C=O) groups is 1. The molecule has 3 heteroatoms. The van der Waals surface area contributed by atoms with Crippen LogP contribution in [0.3, 0.4) is 0 Å². The van der Waals surface area contributed by atoms with Gasteiger partial charge in [-0.1, -0.05) is 19.1 Å². The molecule has 0 bridgehead atoms. The van der Waals surface area contributed by atoms with E-state index in [1.165, 1.54) is 12.0 Å². The third kappa shape index (κ3) is 1.16. The Morgan fingerprint density at radius 2 is 2.21 bits per heavy atom. The third-order valence-corrected chi connectivity index (χ3v) is 6.19. The summed E-state index contributed by atoms with van der Waals surface area (Å²) in [5.41, 5.74) is 3.39. The van der Waals surface area contributed by atoms with Crippen molar-refractivity contribution < 1.29 is 14.3 Å². The lowest BCUT2D eigenvalue weighted by Crippen LogP contribution is -2.47. The first-order chi connectivity index (χ1) is 8.93. The predicted molar refractivity (Wildman–Crippen MR) is 70.1 cm³/mol. The molecule has 0 amide bonds. The second-order valence-corrected chi connectivity index (χ2v) is 6.91. The van der Waals surface area contributed by atoms with Crippen molar-refractivity contribution in [2.75, 3.05) is 7.11 Å². The molecule has 3 nitrogen and oxygen atoms in total. The average molecular weight is 260 g/mol. The number of hydrogen-bond acceptors (Lipinski definition) is 3. The summed E-state index contributed by atoms with van der Waals surface area (Å²) >= 11 is 0. The van der Waals surface area contributed by atoms with E-state index in [1.54, 1.807) is 7.11 Å². The molecule has 0 radical (unpaired) electrons. The van der Waals surface area contributed by atoms with Crippen molar-refractivity contribution in [2.24, 2.45) is 23.2 Å². The smallest absolute Gasteiger partial charge is 0.336 e. The topological polar surface area (TPSA) is 35.5 Å². The molecular formula is C16H20O3. The highest BCUT2D eigenvalue weighted by Gasteiger charge is 2.69. The van der Waals surface area contributed by atoms with Gasteiger partial charge in [0.2, 0.25) is 5.79 Å². The van der Waals surface area contributed by atoms with E-state index in [9.17, 15) is 4.79 Å². The highest BCUT2D eigenvalue weighted by Crippen LogP contribution is 2.73. The van der Waals surface area contributed by atoms with E-state index in [1.807, 2.05) is 6.92 Å². The lowest BCUT2D eigenvalue weighted by molar-refractivity contribution is -0.214. The van der Waals surface area contributed by atoms with Gasteiger partial charge in [0.1, 0.15) is 0 Å². The molecule has 3 fully saturated rings. The number of esters is 1. The van der Waals surface area contributed by atoms with E-state index in [4.69, 9.17) is 9.47 Å². The summed E-state index contributed by atoms with van der Waals surface area (Å²) in [5.74, 6) is 0.930. The third-order valence-electron chi connectivity index (χ3n) is 6.19. The molecule has 0 aromatic heterocycles. The molecule has 4 rings (SSSR count). The van der Waals surface area contributed by atoms with Gasteiger partial charge in [-0.3, -0.25) is 0 Å². The van der Waals surface area contributed by atoms with Gasteiger partial charge in [-0.2, -0.15) is 0 Å². The SMILES string of the molecule is C=C1[C@H]2C[C@H]2[C@]2(C)C[C@]3(OC)OC(=O)C(C)=C3C[C@@H]12. The van der Waals surface area contributed by atoms with Gasteiger partial charge in [0.05, 0.1) is 0 Å². The Hall–Kier alpha value is -1.09. The van der Waals surface area contributed by atoms with Gasteiger partial charge in [-0.15, -0.1) is 0 Å². The standard InChI is InChI=1S/C16H20O3/c1-8-10-5-13(10)15(3)7-16(18-4)12(6-11(8)15)9(2)14(17)19-16/h10-11,13H,1,5-7H2,2-4H3/t10-,11+,13-,15-,16+/m1/s1. The van der Waals surface area contributed by atoms with Crippen LogP contribution in [0.2, 0.25) is 0 Å². The molecule has 102 valence electrons. The van der Waals surface area contributed by atoms with Gasteiger partial charge in [-0.25, -0.2) is 4.79 Å². The molecule has 0 unspecified atom stereocenters. The molecule has 0 aromatic carbocycles. The molecule has 0 N–H and O–H groups in total. The zero-order chi connectivity index (χ0) is 13.6. The Labute approximate surface area is 113 Å². The van der Waals surface area contributed by atoms with Crippen LogP contribution in [-0.2, 0) is 14.3 Å². The zero-order valence-electron chi connectivity index (χ0n) is 11.8. The number of methoxy groups -OCH3 is 1. The van der Waals surface area contributed by atoms with Gasteiger partial charge in [-0.05, 0) is 42.9 Å². The fourth-order valence-electron chi connectivity index (χ4n) is 4.98. The van der Waals surface area contributed by atoms with Crippen LogP contribution >= 0.6 is 0 Å². The maximum atomic E-state index is 11.9. The molecule has 0 spiro atoms. The monoisotopic (exact) mass is 260 g/mol. The second-order valence-electron chi connectivity index (χ2n) is 6.91. The Morgan fingerprint density at radius 3 is 2.89 bits per heavy atom. The van der Waals surface area contributed by atoms with Crippen LogP contribution < -0.4 is 0 Å². The summed E-state index contributed by atoms with van der Waals surface area (Å²) in [5, 5.41) is 0. The van der Waals surface area contributed by atoms with E-state index in [-0.39, 0.29) is 11.4 Å². The van der Waals surface area contributed by atoms with Crippen LogP contribution in [0.25, 0.3) is 0 Å². The van der Waals surface area contributed by atoms with Crippen molar-refractivity contribution in [1.82, 2.24) is 0 Å². The van der Waals surface area contributed by atoms with Crippen molar-refractivity contribution in [3.8, 4) is 0 Å². The summed E-state index contributed by atoms with van der Waals surface area (Å²) in [6, 6.07) is 0. The molecule has 3 aliphatic carbocycles. The minimum absolute atomic E-state index is 0.187. The zero-order valence-corrected chi connectivity index (χ0v) is 11.8. The first-order valence-corrected chi connectivity index (χ1v) is 7.10. The van der Waals surface area contributed by atoms with Gasteiger partial charge in [0.15, 0.2) is 0 Å². The van der Waals surface area contributed by atoms with E-state index in [0.29, 0.717) is 11.8 Å². The highest BCUT2D eigenvalue weighted by molar-refractivity contribution is 5.92. The van der Waals surface area contributed by atoms with Gasteiger partial charge in [0.25, 0.3) is 0 Å². The van der Waals surface area contributed by atoms with Crippen LogP contribution in [0, 0.1) is 23.2 Å². The molecule has 5 atom stereocenters. The number of rotatable bonds is 1. The van der Waals surface area contributed by atoms with Gasteiger partial charge >= 0.3 is 5.97 Å². The van der Waals surface area contributed by atoms with Crippen molar-refractivity contribution in [3.63, 3.8) is 0 Å². The van der Waals surface area contributed by atoms with Crippen molar-refractivity contribution in [3.05, 3.63) is 23.3 Å². The Morgan fingerprint density at radius 1 is 1.47 bits per heavy atom. The molecule has 1 aliphatic heterocycles. The van der Waals surface area contributed by atoms with Crippen LogP contribution in [0.15, 0.2) is 23.3 Å². The Balaban J connectivity index is 1.82. The first-order valence-electron chi connectivity index (χ1n) is 7.10. The maximum absolute atomic E-state index is 11.9. The highest BCUT2D eigenvalue weighted by atomic mass is 16.7. The summed E-state index contributed by atoms with van der Waals surface area (Å²) in [7, 11) is 1.66. The fraction of sp³-hybridized carbons (Fsp3) is 0.688. The summed E-state index contributed by atoms with van der Waals surface area (Å²) in [4.78, 5) is 11.9. The lowest BCUT2D eigenvalue weighted by atomic mass is 9.62. The molecular weight excluding hydrogens is 240 g/mol. The van der Waals surface area contributed by atoms with E-state index in [2.05, 4.69) is 13.5 Å². The number of carbonyl (C=O) groups excluding carboxylic acids is 1. The fourth-order valence-corrected chi connectivity index (χ4v) is 4.98. The average Bonchev–Trinajstić information content (AvgIpc) is 3.09. The van der Waals surface area contributed by atoms with Crippen molar-refractivity contribution >= 4 is 5.97 Å². The molecule has 4 aliphatic rings. The minimum atomic E-state index is -0.788. The van der Waals surface area contributed by atoms with E-state index in [0.717, 1.165) is 29.9 Å². The lowest BCUT2D eigenvalue weighted by Gasteiger charge is -2.47. The number of fused-ring (bicyclic) bond motifs is 4. The largest absolute Gasteiger partial charge is 0.426 e. The molecule has 0 saturated heterocycles. The second kappa shape index (κ2) is 3.14. The Bertz CT molecular complexity index is 546. The number of allylic oxidation sites excluding steroid dienone is 1. The predicted octanol–water partition coefficient (Wildman–Crippen LogP) is 2.82. The number of ether oxygens (including phenoxy) is 2. The Kier molecular flexibility index (Phi) is 1.94. The van der Waals surface area contributed by atoms with Crippen LogP contribution in [0.5, 0.6) is 0 Å².